The lowest BCUT2D eigenvalue weighted by Gasteiger charge is -2.34. The molecule has 1 aromatic carbocycles. The Balaban J connectivity index is 1.79. The summed E-state index contributed by atoms with van der Waals surface area (Å²) in [7, 11) is 0. The van der Waals surface area contributed by atoms with E-state index in [1.54, 1.807) is 18.2 Å². The zero-order valence-corrected chi connectivity index (χ0v) is 11.9. The predicted octanol–water partition coefficient (Wildman–Crippen LogP) is 1.57. The molecular formula is C16H16F2N2O2. The number of nitrogens with two attached hydrogens (primary N) is 1. The van der Waals surface area contributed by atoms with E-state index in [-0.39, 0.29) is 19.0 Å². The maximum atomic E-state index is 14.3. The zero-order valence-electron chi connectivity index (χ0n) is 11.9. The van der Waals surface area contributed by atoms with E-state index in [4.69, 9.17) is 5.73 Å². The van der Waals surface area contributed by atoms with E-state index in [1.165, 1.54) is 4.90 Å². The number of hydrogen-bond donors (Lipinski definition) is 1. The van der Waals surface area contributed by atoms with Crippen molar-refractivity contribution in [2.24, 2.45) is 5.73 Å². The van der Waals surface area contributed by atoms with Crippen LogP contribution in [-0.2, 0) is 15.9 Å². The summed E-state index contributed by atoms with van der Waals surface area (Å²) in [6, 6.07) is 4.81. The molecule has 6 heteroatoms. The SMILES string of the molecule is NC(=O)CN1C[C@@]2(CC2F)c2cc(C3(F)CC3)ccc2C1=O. The molecule has 2 saturated carbocycles. The van der Waals surface area contributed by atoms with Crippen LogP contribution in [0.4, 0.5) is 8.78 Å². The van der Waals surface area contributed by atoms with Crippen molar-refractivity contribution < 1.29 is 18.4 Å². The molecule has 2 aliphatic carbocycles. The molecule has 1 unspecified atom stereocenters. The van der Waals surface area contributed by atoms with E-state index >= 15 is 0 Å². The second kappa shape index (κ2) is 4.06. The summed E-state index contributed by atoms with van der Waals surface area (Å²) < 4.78 is 28.3. The number of alkyl halides is 2. The molecule has 2 fully saturated rings. The minimum absolute atomic E-state index is 0.131. The highest BCUT2D eigenvalue weighted by Gasteiger charge is 2.61. The molecule has 4 rings (SSSR count). The van der Waals surface area contributed by atoms with Gasteiger partial charge in [0.15, 0.2) is 0 Å². The maximum Gasteiger partial charge on any atom is 0.254 e. The molecule has 116 valence electrons. The van der Waals surface area contributed by atoms with Crippen molar-refractivity contribution in [3.63, 3.8) is 0 Å². The number of primary amides is 1. The van der Waals surface area contributed by atoms with Gasteiger partial charge in [0, 0.05) is 17.5 Å². The highest BCUT2D eigenvalue weighted by molar-refractivity contribution is 5.99. The van der Waals surface area contributed by atoms with E-state index in [1.807, 2.05) is 0 Å². The first kappa shape index (κ1) is 13.7. The maximum absolute atomic E-state index is 14.3. The minimum atomic E-state index is -1.32. The van der Waals surface area contributed by atoms with Gasteiger partial charge in [-0.15, -0.1) is 0 Å². The van der Waals surface area contributed by atoms with Crippen LogP contribution in [0.25, 0.3) is 0 Å². The Morgan fingerprint density at radius 1 is 1.41 bits per heavy atom. The Hall–Kier alpha value is -1.98. The van der Waals surface area contributed by atoms with Gasteiger partial charge in [-0.05, 0) is 36.5 Å². The quantitative estimate of drug-likeness (QED) is 0.921. The van der Waals surface area contributed by atoms with Crippen LogP contribution in [0.5, 0.6) is 0 Å². The third-order valence-corrected chi connectivity index (χ3v) is 5.08. The van der Waals surface area contributed by atoms with E-state index < -0.39 is 23.2 Å². The van der Waals surface area contributed by atoms with Crippen molar-refractivity contribution >= 4 is 11.8 Å². The second-order valence-corrected chi connectivity index (χ2v) is 6.68. The topological polar surface area (TPSA) is 63.4 Å². The minimum Gasteiger partial charge on any atom is -0.368 e. The van der Waals surface area contributed by atoms with Crippen LogP contribution >= 0.6 is 0 Å². The molecule has 0 saturated heterocycles. The molecule has 1 spiro atoms. The average Bonchev–Trinajstić information content (AvgIpc) is 3.35. The predicted molar refractivity (Wildman–Crippen MR) is 74.8 cm³/mol. The number of hydrogen-bond acceptors (Lipinski definition) is 2. The fraction of sp³-hybridized carbons (Fsp3) is 0.500. The lowest BCUT2D eigenvalue weighted by molar-refractivity contribution is -0.118. The van der Waals surface area contributed by atoms with Gasteiger partial charge in [0.1, 0.15) is 11.8 Å². The summed E-state index contributed by atoms with van der Waals surface area (Å²) in [4.78, 5) is 24.9. The summed E-state index contributed by atoms with van der Waals surface area (Å²) in [5.74, 6) is -0.964. The molecule has 0 aromatic heterocycles. The van der Waals surface area contributed by atoms with E-state index in [0.717, 1.165) is 0 Å². The van der Waals surface area contributed by atoms with Gasteiger partial charge in [-0.25, -0.2) is 8.78 Å². The van der Waals surface area contributed by atoms with Crippen molar-refractivity contribution in [2.75, 3.05) is 13.1 Å². The number of halogens is 2. The van der Waals surface area contributed by atoms with Crippen LogP contribution in [0.3, 0.4) is 0 Å². The summed E-state index contributed by atoms with van der Waals surface area (Å²) >= 11 is 0. The summed E-state index contributed by atoms with van der Waals surface area (Å²) in [6.45, 7) is -0.0901. The monoisotopic (exact) mass is 306 g/mol. The zero-order chi connectivity index (χ0) is 15.7. The molecule has 0 radical (unpaired) electrons. The van der Waals surface area contributed by atoms with E-state index in [2.05, 4.69) is 0 Å². The highest BCUT2D eigenvalue weighted by Crippen LogP contribution is 2.56. The first-order chi connectivity index (χ1) is 10.4. The highest BCUT2D eigenvalue weighted by atomic mass is 19.1. The fourth-order valence-electron chi connectivity index (χ4n) is 3.51. The normalized spacial score (nSPS) is 31.1. The van der Waals surface area contributed by atoms with Crippen LogP contribution in [0.2, 0.25) is 0 Å². The first-order valence-corrected chi connectivity index (χ1v) is 7.41. The lowest BCUT2D eigenvalue weighted by atomic mass is 9.84. The van der Waals surface area contributed by atoms with Gasteiger partial charge in [0.2, 0.25) is 5.91 Å². The van der Waals surface area contributed by atoms with Crippen molar-refractivity contribution in [2.45, 2.75) is 36.5 Å². The summed E-state index contributed by atoms with van der Waals surface area (Å²) in [5.41, 5.74) is 4.54. The molecule has 4 nitrogen and oxygen atoms in total. The number of carbonyl (C=O) groups is 2. The van der Waals surface area contributed by atoms with E-state index in [0.29, 0.717) is 36.0 Å². The first-order valence-electron chi connectivity index (χ1n) is 7.41. The number of nitrogens with zero attached hydrogens (tertiary/aromatic N) is 1. The average molecular weight is 306 g/mol. The van der Waals surface area contributed by atoms with Gasteiger partial charge < -0.3 is 10.6 Å². The van der Waals surface area contributed by atoms with Crippen molar-refractivity contribution in [3.8, 4) is 0 Å². The smallest absolute Gasteiger partial charge is 0.254 e. The van der Waals surface area contributed by atoms with Crippen LogP contribution in [0.15, 0.2) is 18.2 Å². The second-order valence-electron chi connectivity index (χ2n) is 6.68. The van der Waals surface area contributed by atoms with Gasteiger partial charge >= 0.3 is 0 Å². The van der Waals surface area contributed by atoms with Crippen LogP contribution in [0, 0.1) is 0 Å². The van der Waals surface area contributed by atoms with Crippen LogP contribution < -0.4 is 5.73 Å². The number of benzene rings is 1. The standard InChI is InChI=1S/C16H16F2N2O2/c17-12-6-15(12)8-20(7-13(19)21)14(22)10-2-1-9(5-11(10)15)16(18)3-4-16/h1-2,5,12H,3-4,6-8H2,(H2,19,21)/t12?,15-/m0/s1. The molecule has 2 amide bonds. The van der Waals surface area contributed by atoms with Crippen LogP contribution in [-0.4, -0.2) is 36.0 Å². The molecule has 2 atom stereocenters. The largest absolute Gasteiger partial charge is 0.368 e. The molecular weight excluding hydrogens is 290 g/mol. The van der Waals surface area contributed by atoms with Gasteiger partial charge in [0.05, 0.1) is 6.54 Å². The molecule has 1 aromatic rings. The third-order valence-electron chi connectivity index (χ3n) is 5.08. The number of amides is 2. The molecule has 0 bridgehead atoms. The number of carbonyl (C=O) groups excluding carboxylic acids is 2. The van der Waals surface area contributed by atoms with Crippen molar-refractivity contribution in [3.05, 3.63) is 34.9 Å². The fourth-order valence-corrected chi connectivity index (χ4v) is 3.51. The van der Waals surface area contributed by atoms with Crippen LogP contribution in [0.1, 0.15) is 40.7 Å². The molecule has 1 aliphatic heterocycles. The van der Waals surface area contributed by atoms with Crippen molar-refractivity contribution in [1.29, 1.82) is 0 Å². The molecule has 2 N–H and O–H groups in total. The van der Waals surface area contributed by atoms with Gasteiger partial charge in [-0.3, -0.25) is 9.59 Å². The molecule has 3 aliphatic rings. The summed E-state index contributed by atoms with van der Waals surface area (Å²) in [6.07, 6.45) is 0.171. The Kier molecular flexibility index (Phi) is 2.52. The van der Waals surface area contributed by atoms with Gasteiger partial charge in [-0.2, -0.15) is 0 Å². The van der Waals surface area contributed by atoms with Crippen molar-refractivity contribution in [1.82, 2.24) is 4.90 Å². The lowest BCUT2D eigenvalue weighted by Crippen LogP contribution is -2.48. The van der Waals surface area contributed by atoms with Gasteiger partial charge in [0.25, 0.3) is 5.91 Å². The Morgan fingerprint density at radius 2 is 2.09 bits per heavy atom. The van der Waals surface area contributed by atoms with Gasteiger partial charge in [-0.1, -0.05) is 12.1 Å². The Labute approximate surface area is 126 Å². The number of fused-ring (bicyclic) bond motifs is 2. The van der Waals surface area contributed by atoms with E-state index in [9.17, 15) is 18.4 Å². The number of rotatable bonds is 3. The summed E-state index contributed by atoms with van der Waals surface area (Å²) in [5, 5.41) is 0. The molecule has 1 heterocycles. The Morgan fingerprint density at radius 3 is 2.64 bits per heavy atom. The molecule has 22 heavy (non-hydrogen) atoms. The third kappa shape index (κ3) is 1.79. The Bertz CT molecular complexity index is 701.